The smallest absolute Gasteiger partial charge is 0.335 e. The molecule has 0 aromatic rings. The first-order chi connectivity index (χ1) is 26.4. The number of carboxylic acid groups (broad SMARTS) is 1. The van der Waals surface area contributed by atoms with Gasteiger partial charge in [-0.2, -0.15) is 0 Å². The van der Waals surface area contributed by atoms with Crippen LogP contribution in [0.3, 0.4) is 0 Å². The Morgan fingerprint density at radius 2 is 1.58 bits per heavy atom. The van der Waals surface area contributed by atoms with E-state index in [4.69, 9.17) is 18.9 Å². The Morgan fingerprint density at radius 1 is 0.912 bits per heavy atom. The molecule has 6 aliphatic rings. The molecule has 14 heteroatoms. The fourth-order valence-electron chi connectivity index (χ4n) is 13.2. The van der Waals surface area contributed by atoms with Crippen LogP contribution in [0.1, 0.15) is 107 Å². The maximum absolute atomic E-state index is 13.1. The Morgan fingerprint density at radius 3 is 2.18 bits per heavy atom. The lowest BCUT2D eigenvalue weighted by Gasteiger charge is -2.72. The highest BCUT2D eigenvalue weighted by atomic mass is 16.7. The van der Waals surface area contributed by atoms with Gasteiger partial charge in [0.2, 0.25) is 0 Å². The van der Waals surface area contributed by atoms with Gasteiger partial charge in [-0.25, -0.2) is 9.59 Å². The van der Waals surface area contributed by atoms with Crippen LogP contribution >= 0.6 is 0 Å². The summed E-state index contributed by atoms with van der Waals surface area (Å²) >= 11 is 0. The number of rotatable bonds is 8. The molecule has 0 amide bonds. The zero-order valence-corrected chi connectivity index (χ0v) is 34.9. The SMILES string of the molecule is C/C=C(\C)C(=O)O[C@@H]1[C@@H](O)[C@@]2(COC(C)=O)[C@H](O)C[C@@]3(C)C(=CC[C@H]4[C@]5(C)CC[C@@H](O[C@H]6O[C@@H](C(=O)O)[C@H](O)[C@@H](O)[C@@H]6O)[C@](C)(CO)[C@H]5CC[C@@]43C)[C@H]2CC1(C)C. The standard InChI is InChI=1S/C43H66O14/c1-10-21(2)36(53)57-34-33(50)43(20-54-22(3)45)24(17-38(34,4)5)23-11-12-26-39(6)15-14-28(55-37-31(49)29(47)30(48)32(56-37)35(51)52)40(7,19-44)25(39)13-16-41(26,8)42(23,9)18-27(43)46/h10-11,24-34,37,44,46-50H,12-20H2,1-9H3,(H,51,52)/b21-10+/t24-,25+,26+,27-,28-,29-,30-,31+,32-,33-,34-,37+,39-,40-,41+,42+,43-/m1/s1. The van der Waals surface area contributed by atoms with E-state index >= 15 is 0 Å². The van der Waals surface area contributed by atoms with Gasteiger partial charge in [-0.05, 0) is 92.8 Å². The number of carbonyl (C=O) groups excluding carboxylic acids is 2. The first-order valence-corrected chi connectivity index (χ1v) is 20.6. The van der Waals surface area contributed by atoms with E-state index < -0.39 is 101 Å². The highest BCUT2D eigenvalue weighted by Gasteiger charge is 2.73. The van der Waals surface area contributed by atoms with Gasteiger partial charge < -0.3 is 54.7 Å². The Balaban J connectivity index is 1.35. The molecule has 0 aromatic heterocycles. The van der Waals surface area contributed by atoms with E-state index in [0.717, 1.165) is 12.0 Å². The van der Waals surface area contributed by atoms with E-state index in [9.17, 15) is 50.1 Å². The number of aliphatic hydroxyl groups is 6. The maximum Gasteiger partial charge on any atom is 0.335 e. The van der Waals surface area contributed by atoms with Crippen LogP contribution in [-0.4, -0.2) is 122 Å². The number of carbonyl (C=O) groups is 3. The minimum atomic E-state index is -1.85. The van der Waals surface area contributed by atoms with Crippen LogP contribution in [0.2, 0.25) is 0 Å². The van der Waals surface area contributed by atoms with E-state index in [2.05, 4.69) is 26.8 Å². The van der Waals surface area contributed by atoms with Crippen molar-refractivity contribution in [3.63, 3.8) is 0 Å². The number of hydrogen-bond donors (Lipinski definition) is 7. The molecule has 5 aliphatic carbocycles. The first-order valence-electron chi connectivity index (χ1n) is 20.6. The second-order valence-electron chi connectivity index (χ2n) is 20.0. The summed E-state index contributed by atoms with van der Waals surface area (Å²) in [6.07, 6.45) is -4.98. The van der Waals surface area contributed by atoms with Crippen molar-refractivity contribution in [3.05, 3.63) is 23.3 Å². The number of ether oxygens (including phenoxy) is 4. The summed E-state index contributed by atoms with van der Waals surface area (Å²) in [5.74, 6) is -3.00. The van der Waals surface area contributed by atoms with Crippen LogP contribution in [0, 0.1) is 50.2 Å². The van der Waals surface area contributed by atoms with Crippen LogP contribution in [0.15, 0.2) is 23.3 Å². The van der Waals surface area contributed by atoms with Crippen LogP contribution in [0.4, 0.5) is 0 Å². The zero-order chi connectivity index (χ0) is 42.4. The lowest BCUT2D eigenvalue weighted by Crippen LogP contribution is -2.72. The Bertz CT molecular complexity index is 1660. The van der Waals surface area contributed by atoms with Crippen molar-refractivity contribution in [2.45, 2.75) is 162 Å². The van der Waals surface area contributed by atoms with Gasteiger partial charge in [0, 0.05) is 23.3 Å². The number of esters is 2. The molecule has 6 rings (SSSR count). The second kappa shape index (κ2) is 14.9. The molecule has 0 aromatic carbocycles. The van der Waals surface area contributed by atoms with E-state index in [1.807, 2.05) is 20.8 Å². The number of aliphatic hydroxyl groups excluding tert-OH is 6. The Hall–Kier alpha value is -2.43. The molecule has 0 spiro atoms. The third-order valence-electron chi connectivity index (χ3n) is 16.8. The minimum absolute atomic E-state index is 0.0834. The van der Waals surface area contributed by atoms with Crippen molar-refractivity contribution in [3.8, 4) is 0 Å². The van der Waals surface area contributed by atoms with E-state index in [1.165, 1.54) is 6.92 Å². The van der Waals surface area contributed by atoms with Gasteiger partial charge in [-0.3, -0.25) is 4.79 Å². The molecule has 0 radical (unpaired) electrons. The summed E-state index contributed by atoms with van der Waals surface area (Å²) < 4.78 is 23.5. The monoisotopic (exact) mass is 806 g/mol. The van der Waals surface area contributed by atoms with Gasteiger partial charge in [0.25, 0.3) is 0 Å². The van der Waals surface area contributed by atoms with E-state index in [1.54, 1.807) is 19.9 Å². The van der Waals surface area contributed by atoms with Crippen LogP contribution < -0.4 is 0 Å². The Kier molecular flexibility index (Phi) is 11.6. The molecule has 322 valence electrons. The highest BCUT2D eigenvalue weighted by molar-refractivity contribution is 5.87. The molecule has 1 aliphatic heterocycles. The molecular formula is C43H66O14. The fraction of sp³-hybridized carbons (Fsp3) is 0.837. The largest absolute Gasteiger partial charge is 0.479 e. The zero-order valence-electron chi connectivity index (χ0n) is 34.9. The summed E-state index contributed by atoms with van der Waals surface area (Å²) in [4.78, 5) is 37.3. The molecule has 4 saturated carbocycles. The van der Waals surface area contributed by atoms with Gasteiger partial charge in [0.05, 0.1) is 24.2 Å². The molecular weight excluding hydrogens is 740 g/mol. The molecule has 14 nitrogen and oxygen atoms in total. The van der Waals surface area contributed by atoms with Crippen molar-refractivity contribution in [1.82, 2.24) is 0 Å². The van der Waals surface area contributed by atoms with Gasteiger partial charge >= 0.3 is 17.9 Å². The highest BCUT2D eigenvalue weighted by Crippen LogP contribution is 2.76. The van der Waals surface area contributed by atoms with Crippen LogP contribution in [0.5, 0.6) is 0 Å². The molecule has 1 heterocycles. The first kappa shape index (κ1) is 44.1. The number of allylic oxidation sites excluding steroid dienone is 3. The molecule has 0 bridgehead atoms. The summed E-state index contributed by atoms with van der Waals surface area (Å²) in [6, 6.07) is 0. The average molecular weight is 807 g/mol. The molecule has 57 heavy (non-hydrogen) atoms. The van der Waals surface area contributed by atoms with E-state index in [-0.39, 0.29) is 42.3 Å². The summed E-state index contributed by atoms with van der Waals surface area (Å²) in [5, 5.41) is 77.3. The van der Waals surface area contributed by atoms with E-state index in [0.29, 0.717) is 37.7 Å². The quantitative estimate of drug-likeness (QED) is 0.0810. The van der Waals surface area contributed by atoms with Crippen molar-refractivity contribution >= 4 is 17.9 Å². The normalized spacial score (nSPS) is 49.2. The summed E-state index contributed by atoms with van der Waals surface area (Å²) in [5.41, 5.74) is -2.67. The lowest BCUT2D eigenvalue weighted by atomic mass is 9.33. The van der Waals surface area contributed by atoms with Crippen molar-refractivity contribution in [1.29, 1.82) is 0 Å². The average Bonchev–Trinajstić information content (AvgIpc) is 3.13. The van der Waals surface area contributed by atoms with Gasteiger partial charge in [0.1, 0.15) is 37.1 Å². The third kappa shape index (κ3) is 6.45. The van der Waals surface area contributed by atoms with Crippen LogP contribution in [-0.2, 0) is 33.3 Å². The molecule has 5 fully saturated rings. The fourth-order valence-corrected chi connectivity index (χ4v) is 13.2. The van der Waals surface area contributed by atoms with Gasteiger partial charge in [-0.15, -0.1) is 0 Å². The van der Waals surface area contributed by atoms with Crippen molar-refractivity contribution in [2.75, 3.05) is 13.2 Å². The molecule has 1 saturated heterocycles. The lowest BCUT2D eigenvalue weighted by molar-refractivity contribution is -0.328. The number of carboxylic acids is 1. The van der Waals surface area contributed by atoms with Crippen LogP contribution in [0.25, 0.3) is 0 Å². The summed E-state index contributed by atoms with van der Waals surface area (Å²) in [7, 11) is 0. The number of aliphatic carboxylic acids is 1. The second-order valence-corrected chi connectivity index (χ2v) is 20.0. The van der Waals surface area contributed by atoms with Gasteiger partial charge in [-0.1, -0.05) is 59.3 Å². The number of fused-ring (bicyclic) bond motifs is 7. The summed E-state index contributed by atoms with van der Waals surface area (Å²) in [6.45, 7) is 16.8. The maximum atomic E-state index is 13.1. The third-order valence-corrected chi connectivity index (χ3v) is 16.8. The number of hydrogen-bond acceptors (Lipinski definition) is 13. The Labute approximate surface area is 335 Å². The van der Waals surface area contributed by atoms with Gasteiger partial charge in [0.15, 0.2) is 12.4 Å². The molecule has 0 unspecified atom stereocenters. The minimum Gasteiger partial charge on any atom is -0.479 e. The van der Waals surface area contributed by atoms with Crippen molar-refractivity contribution in [2.24, 2.45) is 50.2 Å². The van der Waals surface area contributed by atoms with Crippen molar-refractivity contribution < 1.29 is 69.1 Å². The predicted molar refractivity (Wildman–Crippen MR) is 204 cm³/mol. The molecule has 7 N–H and O–H groups in total. The topological polar surface area (TPSA) is 230 Å². The predicted octanol–water partition coefficient (Wildman–Crippen LogP) is 3.03. The molecule has 17 atom stereocenters.